The van der Waals surface area contributed by atoms with Crippen LogP contribution in [-0.4, -0.2) is 92.7 Å². The minimum absolute atomic E-state index is 0.0631. The summed E-state index contributed by atoms with van der Waals surface area (Å²) < 4.78 is 21.4. The average molecular weight is 549 g/mol. The van der Waals surface area contributed by atoms with Crippen molar-refractivity contribution in [1.29, 1.82) is 0 Å². The van der Waals surface area contributed by atoms with Gasteiger partial charge in [0.1, 0.15) is 11.4 Å². The topological polar surface area (TPSA) is 138 Å². The first-order valence-corrected chi connectivity index (χ1v) is 13.3. The van der Waals surface area contributed by atoms with Gasteiger partial charge in [-0.05, 0) is 39.3 Å². The summed E-state index contributed by atoms with van der Waals surface area (Å²) in [6.45, 7) is 7.39. The number of rotatable bonds is 19. The van der Waals surface area contributed by atoms with E-state index in [1.165, 1.54) is 0 Å². The SMILES string of the molecule is CC(C)(C)OC(=O)CCOCCCC(=O)CCOCCNC(=O)CCOCCN1C(=O)c2ccccc2C1=O. The van der Waals surface area contributed by atoms with Crippen LogP contribution in [-0.2, 0) is 33.3 Å². The normalized spacial score (nSPS) is 12.9. The summed E-state index contributed by atoms with van der Waals surface area (Å²) in [5.41, 5.74) is 0.279. The van der Waals surface area contributed by atoms with Crippen LogP contribution in [0, 0.1) is 0 Å². The highest BCUT2D eigenvalue weighted by atomic mass is 16.6. The molecule has 1 aromatic carbocycles. The molecule has 1 aromatic rings. The standard InChI is InChI=1S/C28H40N2O9/c1-28(2,3)39-25(33)12-18-36-15-6-7-21(31)10-16-37-19-13-29-24(32)11-17-38-20-14-30-26(34)22-8-4-5-9-23(22)27(30)35/h4-5,8-9H,6-7,10-20H2,1-3H3,(H,29,32). The van der Waals surface area contributed by atoms with E-state index in [0.29, 0.717) is 37.1 Å². The third kappa shape index (κ3) is 12.5. The van der Waals surface area contributed by atoms with Gasteiger partial charge in [0.2, 0.25) is 5.91 Å². The second-order valence-corrected chi connectivity index (χ2v) is 9.97. The van der Waals surface area contributed by atoms with Gasteiger partial charge in [-0.2, -0.15) is 0 Å². The summed E-state index contributed by atoms with van der Waals surface area (Å²) >= 11 is 0. The maximum absolute atomic E-state index is 12.3. The van der Waals surface area contributed by atoms with E-state index in [1.807, 2.05) is 20.8 Å². The number of ketones is 1. The molecule has 0 aliphatic carbocycles. The van der Waals surface area contributed by atoms with Gasteiger partial charge in [-0.3, -0.25) is 28.9 Å². The number of Topliss-reactive ketones (excluding diaryl/α,β-unsaturated/α-hetero) is 1. The minimum Gasteiger partial charge on any atom is -0.460 e. The molecule has 1 heterocycles. The number of hydrogen-bond acceptors (Lipinski definition) is 9. The number of fused-ring (bicyclic) bond motifs is 1. The van der Waals surface area contributed by atoms with Gasteiger partial charge in [-0.1, -0.05) is 12.1 Å². The molecule has 0 radical (unpaired) electrons. The van der Waals surface area contributed by atoms with Crippen molar-refractivity contribution in [3.63, 3.8) is 0 Å². The Morgan fingerprint density at radius 3 is 2.03 bits per heavy atom. The van der Waals surface area contributed by atoms with E-state index < -0.39 is 5.60 Å². The predicted octanol–water partition coefficient (Wildman–Crippen LogP) is 2.31. The van der Waals surface area contributed by atoms with Gasteiger partial charge in [0.15, 0.2) is 0 Å². The van der Waals surface area contributed by atoms with Gasteiger partial charge in [-0.25, -0.2) is 0 Å². The molecule has 0 saturated heterocycles. The Kier molecular flexibility index (Phi) is 13.8. The van der Waals surface area contributed by atoms with Crippen molar-refractivity contribution in [3.05, 3.63) is 35.4 Å². The van der Waals surface area contributed by atoms with E-state index in [2.05, 4.69) is 5.32 Å². The molecule has 0 spiro atoms. The molecule has 11 nitrogen and oxygen atoms in total. The van der Waals surface area contributed by atoms with Gasteiger partial charge in [-0.15, -0.1) is 0 Å². The lowest BCUT2D eigenvalue weighted by molar-refractivity contribution is -0.156. The third-order valence-electron chi connectivity index (χ3n) is 5.52. The van der Waals surface area contributed by atoms with E-state index in [9.17, 15) is 24.0 Å². The summed E-state index contributed by atoms with van der Waals surface area (Å²) in [7, 11) is 0. The quantitative estimate of drug-likeness (QED) is 0.157. The molecule has 2 rings (SSSR count). The lowest BCUT2D eigenvalue weighted by atomic mass is 10.1. The Morgan fingerprint density at radius 2 is 1.36 bits per heavy atom. The number of nitrogens with one attached hydrogen (secondary N) is 1. The molecule has 39 heavy (non-hydrogen) atoms. The Hall–Kier alpha value is -3.15. The van der Waals surface area contributed by atoms with Crippen LogP contribution in [0.5, 0.6) is 0 Å². The number of ether oxygens (including phenoxy) is 4. The Morgan fingerprint density at radius 1 is 0.769 bits per heavy atom. The Bertz CT molecular complexity index is 952. The first kappa shape index (κ1) is 32.1. The van der Waals surface area contributed by atoms with Crippen molar-refractivity contribution in [2.45, 2.75) is 58.5 Å². The minimum atomic E-state index is -0.511. The lowest BCUT2D eigenvalue weighted by Gasteiger charge is -2.19. The second kappa shape index (κ2) is 16.7. The highest BCUT2D eigenvalue weighted by Crippen LogP contribution is 2.21. The van der Waals surface area contributed by atoms with Gasteiger partial charge >= 0.3 is 5.97 Å². The Labute approximate surface area is 229 Å². The highest BCUT2D eigenvalue weighted by Gasteiger charge is 2.34. The summed E-state index contributed by atoms with van der Waals surface area (Å²) in [6, 6.07) is 6.67. The number of imide groups is 1. The maximum atomic E-state index is 12.3. The molecule has 3 amide bonds. The number of nitrogens with zero attached hydrogens (tertiary/aromatic N) is 1. The number of carbonyl (C=O) groups is 5. The molecule has 0 fully saturated rings. The van der Waals surface area contributed by atoms with E-state index in [-0.39, 0.29) is 88.3 Å². The largest absolute Gasteiger partial charge is 0.460 e. The zero-order valence-electron chi connectivity index (χ0n) is 23.1. The van der Waals surface area contributed by atoms with E-state index >= 15 is 0 Å². The number of carbonyl (C=O) groups excluding carboxylic acids is 5. The molecule has 0 aromatic heterocycles. The summed E-state index contributed by atoms with van der Waals surface area (Å²) in [4.78, 5) is 61.1. The molecular formula is C28H40N2O9. The van der Waals surface area contributed by atoms with Crippen LogP contribution >= 0.6 is 0 Å². The molecule has 1 aliphatic rings. The first-order chi connectivity index (χ1) is 18.6. The zero-order chi connectivity index (χ0) is 28.7. The number of esters is 1. The fraction of sp³-hybridized carbons (Fsp3) is 0.607. The molecule has 0 bridgehead atoms. The van der Waals surface area contributed by atoms with Crippen LogP contribution in [0.3, 0.4) is 0 Å². The van der Waals surface area contributed by atoms with Gasteiger partial charge in [0.25, 0.3) is 11.8 Å². The molecular weight excluding hydrogens is 508 g/mol. The average Bonchev–Trinajstić information content (AvgIpc) is 3.11. The maximum Gasteiger partial charge on any atom is 0.308 e. The molecule has 11 heteroatoms. The van der Waals surface area contributed by atoms with Crippen molar-refractivity contribution < 1.29 is 42.9 Å². The van der Waals surface area contributed by atoms with Crippen molar-refractivity contribution in [3.8, 4) is 0 Å². The van der Waals surface area contributed by atoms with Crippen LogP contribution in [0.2, 0.25) is 0 Å². The van der Waals surface area contributed by atoms with E-state index in [0.717, 1.165) is 4.90 Å². The molecule has 0 atom stereocenters. The number of amides is 3. The molecule has 0 unspecified atom stereocenters. The zero-order valence-corrected chi connectivity index (χ0v) is 23.1. The van der Waals surface area contributed by atoms with Gasteiger partial charge < -0.3 is 24.3 Å². The van der Waals surface area contributed by atoms with Gasteiger partial charge in [0, 0.05) is 32.4 Å². The van der Waals surface area contributed by atoms with Crippen LogP contribution in [0.15, 0.2) is 24.3 Å². The Balaban J connectivity index is 1.38. The van der Waals surface area contributed by atoms with E-state index in [4.69, 9.17) is 18.9 Å². The summed E-state index contributed by atoms with van der Waals surface area (Å²) in [5, 5.41) is 2.71. The lowest BCUT2D eigenvalue weighted by Crippen LogP contribution is -2.33. The fourth-order valence-electron chi connectivity index (χ4n) is 3.65. The van der Waals surface area contributed by atoms with Crippen LogP contribution in [0.4, 0.5) is 0 Å². The highest BCUT2D eigenvalue weighted by molar-refractivity contribution is 6.21. The van der Waals surface area contributed by atoms with Crippen molar-refractivity contribution >= 4 is 29.5 Å². The monoisotopic (exact) mass is 548 g/mol. The van der Waals surface area contributed by atoms with Gasteiger partial charge in [0.05, 0.1) is 57.1 Å². The number of hydrogen-bond donors (Lipinski definition) is 1. The first-order valence-electron chi connectivity index (χ1n) is 13.3. The van der Waals surface area contributed by atoms with Crippen molar-refractivity contribution in [2.75, 3.05) is 52.7 Å². The smallest absolute Gasteiger partial charge is 0.308 e. The summed E-state index contributed by atoms with van der Waals surface area (Å²) in [6.07, 6.45) is 1.55. The third-order valence-corrected chi connectivity index (χ3v) is 5.52. The van der Waals surface area contributed by atoms with Crippen LogP contribution in [0.25, 0.3) is 0 Å². The predicted molar refractivity (Wildman–Crippen MR) is 141 cm³/mol. The summed E-state index contributed by atoms with van der Waals surface area (Å²) in [5.74, 6) is -1.12. The van der Waals surface area contributed by atoms with E-state index in [1.54, 1.807) is 24.3 Å². The van der Waals surface area contributed by atoms with Crippen molar-refractivity contribution in [2.24, 2.45) is 0 Å². The van der Waals surface area contributed by atoms with Crippen molar-refractivity contribution in [1.82, 2.24) is 10.2 Å². The molecule has 216 valence electrons. The fourth-order valence-corrected chi connectivity index (χ4v) is 3.65. The molecule has 1 N–H and O–H groups in total. The molecule has 0 saturated carbocycles. The van der Waals surface area contributed by atoms with Crippen LogP contribution in [0.1, 0.15) is 73.6 Å². The van der Waals surface area contributed by atoms with Crippen LogP contribution < -0.4 is 5.32 Å². The molecule has 1 aliphatic heterocycles. The number of benzene rings is 1. The second-order valence-electron chi connectivity index (χ2n) is 9.97.